The summed E-state index contributed by atoms with van der Waals surface area (Å²) in [4.78, 5) is 33.4. The minimum absolute atomic E-state index is 0.0309. The number of hydrogen-bond acceptors (Lipinski definition) is 5. The van der Waals surface area contributed by atoms with E-state index < -0.39 is 0 Å². The van der Waals surface area contributed by atoms with Crippen LogP contribution in [0.2, 0.25) is 0 Å². The van der Waals surface area contributed by atoms with Gasteiger partial charge in [-0.25, -0.2) is 0 Å². The van der Waals surface area contributed by atoms with Gasteiger partial charge in [0, 0.05) is 49.4 Å². The fraction of sp³-hybridized carbons (Fsp3) is 0.524. The molecule has 2 aromatic heterocycles. The molecule has 2 fully saturated rings. The van der Waals surface area contributed by atoms with Gasteiger partial charge < -0.3 is 14.3 Å². The predicted octanol–water partition coefficient (Wildman–Crippen LogP) is 2.65. The van der Waals surface area contributed by atoms with Crippen LogP contribution in [0.15, 0.2) is 23.0 Å². The molecule has 28 heavy (non-hydrogen) atoms. The van der Waals surface area contributed by atoms with Crippen molar-refractivity contribution in [2.24, 2.45) is 5.41 Å². The molecule has 2 saturated heterocycles. The summed E-state index contributed by atoms with van der Waals surface area (Å²) < 4.78 is 5.23. The van der Waals surface area contributed by atoms with Crippen molar-refractivity contribution in [1.82, 2.24) is 19.9 Å². The number of aromatic nitrogens is 2. The zero-order valence-electron chi connectivity index (χ0n) is 16.7. The van der Waals surface area contributed by atoms with Gasteiger partial charge >= 0.3 is 0 Å². The van der Waals surface area contributed by atoms with Gasteiger partial charge in [-0.1, -0.05) is 5.16 Å². The number of hydrogen-bond donors (Lipinski definition) is 0. The third-order valence-electron chi connectivity index (χ3n) is 6.32. The Morgan fingerprint density at radius 3 is 2.64 bits per heavy atom. The van der Waals surface area contributed by atoms with Crippen molar-refractivity contribution in [3.63, 3.8) is 0 Å². The highest BCUT2D eigenvalue weighted by Crippen LogP contribution is 2.42. The van der Waals surface area contributed by atoms with Gasteiger partial charge in [0.05, 0.1) is 17.8 Å². The first kappa shape index (κ1) is 18.7. The van der Waals surface area contributed by atoms with Gasteiger partial charge in [-0.05, 0) is 45.2 Å². The summed E-state index contributed by atoms with van der Waals surface area (Å²) in [5.41, 5.74) is 3.43. The number of carbonyl (C=O) groups is 2. The smallest absolute Gasteiger partial charge is 0.255 e. The van der Waals surface area contributed by atoms with Crippen molar-refractivity contribution in [1.29, 1.82) is 0 Å². The van der Waals surface area contributed by atoms with Crippen LogP contribution >= 0.6 is 0 Å². The lowest BCUT2D eigenvalue weighted by atomic mass is 9.77. The van der Waals surface area contributed by atoms with E-state index >= 15 is 0 Å². The molecule has 2 aliphatic rings. The molecule has 1 spiro atoms. The van der Waals surface area contributed by atoms with Crippen molar-refractivity contribution < 1.29 is 14.1 Å². The summed E-state index contributed by atoms with van der Waals surface area (Å²) in [6.45, 7) is 8.38. The van der Waals surface area contributed by atoms with Crippen molar-refractivity contribution in [3.8, 4) is 0 Å². The monoisotopic (exact) mass is 382 g/mol. The van der Waals surface area contributed by atoms with Gasteiger partial charge in [0.2, 0.25) is 5.91 Å². The van der Waals surface area contributed by atoms with Crippen LogP contribution < -0.4 is 0 Å². The summed E-state index contributed by atoms with van der Waals surface area (Å²) in [5, 5.41) is 3.99. The molecule has 0 radical (unpaired) electrons. The van der Waals surface area contributed by atoms with Crippen LogP contribution in [-0.2, 0) is 11.3 Å². The second-order valence-electron chi connectivity index (χ2n) is 8.21. The van der Waals surface area contributed by atoms with Crippen LogP contribution in [0.1, 0.15) is 52.2 Å². The molecule has 0 N–H and O–H groups in total. The predicted molar refractivity (Wildman–Crippen MR) is 103 cm³/mol. The molecule has 0 aromatic carbocycles. The summed E-state index contributed by atoms with van der Waals surface area (Å²) in [5.74, 6) is 0.999. The third kappa shape index (κ3) is 3.30. The van der Waals surface area contributed by atoms with Crippen LogP contribution in [0, 0.1) is 26.2 Å². The Morgan fingerprint density at radius 2 is 2.00 bits per heavy atom. The molecule has 2 aromatic rings. The minimum Gasteiger partial charge on any atom is -0.361 e. The molecule has 7 nitrogen and oxygen atoms in total. The number of pyridine rings is 1. The zero-order valence-corrected chi connectivity index (χ0v) is 16.7. The number of carbonyl (C=O) groups excluding carboxylic acids is 2. The fourth-order valence-electron chi connectivity index (χ4n) is 4.42. The first-order chi connectivity index (χ1) is 13.4. The van der Waals surface area contributed by atoms with E-state index in [9.17, 15) is 9.59 Å². The molecule has 148 valence electrons. The fourth-order valence-corrected chi connectivity index (χ4v) is 4.42. The number of rotatable bonds is 3. The van der Waals surface area contributed by atoms with E-state index in [0.717, 1.165) is 42.0 Å². The Labute approximate surface area is 164 Å². The minimum atomic E-state index is -0.0309. The van der Waals surface area contributed by atoms with E-state index in [-0.39, 0.29) is 17.2 Å². The molecular formula is C21H26N4O3. The molecule has 0 unspecified atom stereocenters. The van der Waals surface area contributed by atoms with E-state index in [0.29, 0.717) is 31.6 Å². The summed E-state index contributed by atoms with van der Waals surface area (Å²) in [6.07, 6.45) is 5.61. The lowest BCUT2D eigenvalue weighted by Crippen LogP contribution is -2.44. The van der Waals surface area contributed by atoms with Gasteiger partial charge in [0.25, 0.3) is 5.91 Å². The van der Waals surface area contributed by atoms with Gasteiger partial charge in [0.15, 0.2) is 0 Å². The first-order valence-corrected chi connectivity index (χ1v) is 9.78. The maximum atomic E-state index is 12.8. The van der Waals surface area contributed by atoms with Gasteiger partial charge in [0.1, 0.15) is 5.76 Å². The number of amides is 2. The van der Waals surface area contributed by atoms with Crippen LogP contribution in [0.5, 0.6) is 0 Å². The van der Waals surface area contributed by atoms with Crippen LogP contribution in [0.3, 0.4) is 0 Å². The molecular weight excluding hydrogens is 356 g/mol. The Kier molecular flexibility index (Phi) is 4.69. The normalized spacial score (nSPS) is 18.9. The summed E-state index contributed by atoms with van der Waals surface area (Å²) in [6, 6.07) is 1.86. The van der Waals surface area contributed by atoms with Crippen molar-refractivity contribution in [3.05, 3.63) is 46.6 Å². The average molecular weight is 382 g/mol. The highest BCUT2D eigenvalue weighted by molar-refractivity contribution is 5.95. The molecule has 4 rings (SSSR count). The molecule has 7 heteroatoms. The van der Waals surface area contributed by atoms with E-state index in [1.165, 1.54) is 0 Å². The van der Waals surface area contributed by atoms with Gasteiger partial charge in [-0.15, -0.1) is 0 Å². The summed E-state index contributed by atoms with van der Waals surface area (Å²) in [7, 11) is 0. The second kappa shape index (κ2) is 7.04. The topological polar surface area (TPSA) is 79.5 Å². The maximum absolute atomic E-state index is 12.8. The molecule has 0 bridgehead atoms. The van der Waals surface area contributed by atoms with Crippen molar-refractivity contribution in [2.75, 3.05) is 19.6 Å². The van der Waals surface area contributed by atoms with E-state index in [1.54, 1.807) is 12.4 Å². The number of nitrogens with zero attached hydrogens (tertiary/aromatic N) is 4. The number of likely N-dealkylation sites (tertiary alicyclic amines) is 2. The highest BCUT2D eigenvalue weighted by atomic mass is 16.5. The Bertz CT molecular complexity index is 893. The highest BCUT2D eigenvalue weighted by Gasteiger charge is 2.45. The lowest BCUT2D eigenvalue weighted by molar-refractivity contribution is -0.128. The maximum Gasteiger partial charge on any atom is 0.255 e. The standard InChI is InChI=1S/C21H26N4O3/c1-14-4-7-22-11-17(14)20(27)24-8-5-21(6-9-24)10-19(26)25(13-21)12-18-15(2)23-28-16(18)3/h4,7,11H,5-6,8-10,12-13H2,1-3H3. The van der Waals surface area contributed by atoms with Crippen molar-refractivity contribution >= 4 is 11.8 Å². The Hall–Kier alpha value is -2.70. The molecule has 0 saturated carbocycles. The molecule has 2 amide bonds. The van der Waals surface area contributed by atoms with Crippen LogP contribution in [-0.4, -0.2) is 51.4 Å². The second-order valence-corrected chi connectivity index (χ2v) is 8.21. The van der Waals surface area contributed by atoms with Crippen LogP contribution in [0.4, 0.5) is 0 Å². The first-order valence-electron chi connectivity index (χ1n) is 9.78. The molecule has 0 aliphatic carbocycles. The largest absolute Gasteiger partial charge is 0.361 e. The quantitative estimate of drug-likeness (QED) is 0.815. The average Bonchev–Trinajstić information content (AvgIpc) is 3.16. The number of piperidine rings is 1. The van der Waals surface area contributed by atoms with Crippen molar-refractivity contribution in [2.45, 2.75) is 46.6 Å². The van der Waals surface area contributed by atoms with E-state index in [1.807, 2.05) is 36.6 Å². The zero-order chi connectivity index (χ0) is 19.9. The third-order valence-corrected chi connectivity index (χ3v) is 6.32. The molecule has 4 heterocycles. The lowest BCUT2D eigenvalue weighted by Gasteiger charge is -2.39. The van der Waals surface area contributed by atoms with Gasteiger partial charge in [-0.2, -0.15) is 0 Å². The van der Waals surface area contributed by atoms with Crippen LogP contribution in [0.25, 0.3) is 0 Å². The van der Waals surface area contributed by atoms with Gasteiger partial charge in [-0.3, -0.25) is 14.6 Å². The SMILES string of the molecule is Cc1ccncc1C(=O)N1CCC2(CC1)CC(=O)N(Cc1c(C)noc1C)C2. The van der Waals surface area contributed by atoms with E-state index in [4.69, 9.17) is 4.52 Å². The molecule has 2 aliphatic heterocycles. The van der Waals surface area contributed by atoms with E-state index in [2.05, 4.69) is 10.1 Å². The summed E-state index contributed by atoms with van der Waals surface area (Å²) >= 11 is 0. The number of aryl methyl sites for hydroxylation is 3. The Balaban J connectivity index is 1.41. The molecule has 0 atom stereocenters. The Morgan fingerprint density at radius 1 is 1.25 bits per heavy atom.